The summed E-state index contributed by atoms with van der Waals surface area (Å²) in [5.41, 5.74) is 1.000. The highest BCUT2D eigenvalue weighted by Gasteiger charge is 2.20. The molecule has 1 aromatic rings. The van der Waals surface area contributed by atoms with Crippen LogP contribution in [-0.4, -0.2) is 42.5 Å². The van der Waals surface area contributed by atoms with Gasteiger partial charge in [-0.2, -0.15) is 0 Å². The Labute approximate surface area is 125 Å². The smallest absolute Gasteiger partial charge is 0.407 e. The van der Waals surface area contributed by atoms with E-state index in [-0.39, 0.29) is 12.1 Å². The van der Waals surface area contributed by atoms with Gasteiger partial charge < -0.3 is 15.0 Å². The van der Waals surface area contributed by atoms with Crippen LogP contribution in [0.3, 0.4) is 0 Å². The van der Waals surface area contributed by atoms with Crippen molar-refractivity contribution < 1.29 is 9.53 Å². The van der Waals surface area contributed by atoms with Gasteiger partial charge in [-0.25, -0.2) is 4.79 Å². The second kappa shape index (κ2) is 8.12. The molecule has 1 N–H and O–H groups in total. The van der Waals surface area contributed by atoms with Gasteiger partial charge in [-0.3, -0.25) is 0 Å². The van der Waals surface area contributed by atoms with E-state index in [2.05, 4.69) is 10.2 Å². The van der Waals surface area contributed by atoms with E-state index in [1.807, 2.05) is 30.3 Å². The van der Waals surface area contributed by atoms with E-state index < -0.39 is 0 Å². The molecule has 5 heteroatoms. The van der Waals surface area contributed by atoms with Gasteiger partial charge in [0.15, 0.2) is 0 Å². The summed E-state index contributed by atoms with van der Waals surface area (Å²) in [7, 11) is 0. The Morgan fingerprint density at radius 3 is 2.65 bits per heavy atom. The molecule has 0 aromatic heterocycles. The molecule has 0 spiro atoms. The first-order valence-electron chi connectivity index (χ1n) is 7.03. The predicted molar refractivity (Wildman–Crippen MR) is 79.9 cm³/mol. The zero-order chi connectivity index (χ0) is 14.2. The van der Waals surface area contributed by atoms with Crippen LogP contribution in [0.4, 0.5) is 4.79 Å². The molecule has 1 aromatic carbocycles. The number of nitrogens with zero attached hydrogens (tertiary/aromatic N) is 1. The number of carbonyl (C=O) groups is 1. The molecule has 1 fully saturated rings. The third-order valence-electron chi connectivity index (χ3n) is 3.52. The summed E-state index contributed by atoms with van der Waals surface area (Å²) in [6.45, 7) is 3.21. The number of benzene rings is 1. The normalized spacial score (nSPS) is 16.9. The Hall–Kier alpha value is -1.26. The minimum Gasteiger partial charge on any atom is -0.445 e. The molecule has 2 rings (SSSR count). The highest BCUT2D eigenvalue weighted by atomic mass is 35.5. The fourth-order valence-corrected chi connectivity index (χ4v) is 2.59. The van der Waals surface area contributed by atoms with Crippen molar-refractivity contribution in [2.75, 3.05) is 25.5 Å². The molecular weight excluding hydrogens is 276 g/mol. The van der Waals surface area contributed by atoms with Crippen LogP contribution in [0.15, 0.2) is 30.3 Å². The molecule has 0 aliphatic carbocycles. The summed E-state index contributed by atoms with van der Waals surface area (Å²) in [5.74, 6) is 0.664. The SMILES string of the molecule is O=C(NC1CCN(CCCl)CC1)OCc1ccccc1. The lowest BCUT2D eigenvalue weighted by molar-refractivity contribution is 0.127. The van der Waals surface area contributed by atoms with Crippen LogP contribution in [0.25, 0.3) is 0 Å². The van der Waals surface area contributed by atoms with Gasteiger partial charge in [0, 0.05) is 31.6 Å². The molecule has 0 atom stereocenters. The number of alkyl halides is 1. The van der Waals surface area contributed by atoms with Gasteiger partial charge in [-0.05, 0) is 18.4 Å². The molecule has 0 unspecified atom stereocenters. The number of hydrogen-bond acceptors (Lipinski definition) is 3. The molecule has 4 nitrogen and oxygen atoms in total. The summed E-state index contributed by atoms with van der Waals surface area (Å²) in [6, 6.07) is 9.91. The third-order valence-corrected chi connectivity index (χ3v) is 3.69. The van der Waals surface area contributed by atoms with E-state index in [1.165, 1.54) is 0 Å². The van der Waals surface area contributed by atoms with E-state index in [0.29, 0.717) is 12.5 Å². The number of nitrogens with one attached hydrogen (secondary N) is 1. The maximum Gasteiger partial charge on any atom is 0.407 e. The van der Waals surface area contributed by atoms with Gasteiger partial charge in [-0.15, -0.1) is 11.6 Å². The monoisotopic (exact) mass is 296 g/mol. The number of hydrogen-bond donors (Lipinski definition) is 1. The number of alkyl carbamates (subject to hydrolysis) is 1. The van der Waals surface area contributed by atoms with Crippen molar-refractivity contribution in [1.29, 1.82) is 0 Å². The number of piperidine rings is 1. The standard InChI is InChI=1S/C15H21ClN2O2/c16-8-11-18-9-6-14(7-10-18)17-15(19)20-12-13-4-2-1-3-5-13/h1-5,14H,6-12H2,(H,17,19). The average Bonchev–Trinajstić information content (AvgIpc) is 2.49. The van der Waals surface area contributed by atoms with Gasteiger partial charge in [0.2, 0.25) is 0 Å². The summed E-state index contributed by atoms with van der Waals surface area (Å²) < 4.78 is 5.22. The minimum absolute atomic E-state index is 0.213. The van der Waals surface area contributed by atoms with Gasteiger partial charge in [0.05, 0.1) is 0 Å². The largest absolute Gasteiger partial charge is 0.445 e. The van der Waals surface area contributed by atoms with Crippen LogP contribution >= 0.6 is 11.6 Å². The number of ether oxygens (including phenoxy) is 1. The quantitative estimate of drug-likeness (QED) is 0.849. The number of amides is 1. The number of halogens is 1. The third kappa shape index (κ3) is 5.02. The summed E-state index contributed by atoms with van der Waals surface area (Å²) in [6.07, 6.45) is 1.58. The maximum atomic E-state index is 11.7. The van der Waals surface area contributed by atoms with Crippen molar-refractivity contribution in [3.05, 3.63) is 35.9 Å². The van der Waals surface area contributed by atoms with Crippen molar-refractivity contribution in [2.24, 2.45) is 0 Å². The Morgan fingerprint density at radius 1 is 1.30 bits per heavy atom. The summed E-state index contributed by atoms with van der Waals surface area (Å²) in [4.78, 5) is 14.0. The van der Waals surface area contributed by atoms with Crippen LogP contribution in [0.5, 0.6) is 0 Å². The lowest BCUT2D eigenvalue weighted by Gasteiger charge is -2.31. The van der Waals surface area contributed by atoms with Crippen molar-refractivity contribution in [3.8, 4) is 0 Å². The van der Waals surface area contributed by atoms with Crippen molar-refractivity contribution in [1.82, 2.24) is 10.2 Å². The zero-order valence-corrected chi connectivity index (χ0v) is 12.3. The fraction of sp³-hybridized carbons (Fsp3) is 0.533. The summed E-state index contributed by atoms with van der Waals surface area (Å²) >= 11 is 5.72. The first-order valence-corrected chi connectivity index (χ1v) is 7.57. The number of likely N-dealkylation sites (tertiary alicyclic amines) is 1. The van der Waals surface area contributed by atoms with E-state index >= 15 is 0 Å². The summed E-state index contributed by atoms with van der Waals surface area (Å²) in [5, 5.41) is 2.93. The Bertz CT molecular complexity index is 406. The molecule has 1 heterocycles. The van der Waals surface area contributed by atoms with Gasteiger partial charge in [0.1, 0.15) is 6.61 Å². The van der Waals surface area contributed by atoms with Crippen LogP contribution in [0.1, 0.15) is 18.4 Å². The molecule has 0 saturated carbocycles. The fourth-order valence-electron chi connectivity index (χ4n) is 2.35. The zero-order valence-electron chi connectivity index (χ0n) is 11.6. The van der Waals surface area contributed by atoms with Gasteiger partial charge >= 0.3 is 6.09 Å². The van der Waals surface area contributed by atoms with Crippen LogP contribution in [0, 0.1) is 0 Å². The lowest BCUT2D eigenvalue weighted by atomic mass is 10.1. The number of rotatable bonds is 5. The maximum absolute atomic E-state index is 11.7. The topological polar surface area (TPSA) is 41.6 Å². The molecule has 20 heavy (non-hydrogen) atoms. The minimum atomic E-state index is -0.329. The molecule has 1 aliphatic rings. The lowest BCUT2D eigenvalue weighted by Crippen LogP contribution is -2.45. The average molecular weight is 297 g/mol. The molecule has 1 amide bonds. The first-order chi connectivity index (χ1) is 9.78. The first kappa shape index (κ1) is 15.1. The second-order valence-corrected chi connectivity index (χ2v) is 5.39. The molecule has 0 radical (unpaired) electrons. The second-order valence-electron chi connectivity index (χ2n) is 5.01. The van der Waals surface area contributed by atoms with Gasteiger partial charge in [-0.1, -0.05) is 30.3 Å². The molecular formula is C15H21ClN2O2. The molecule has 1 aliphatic heterocycles. The molecule has 110 valence electrons. The van der Waals surface area contributed by atoms with Crippen LogP contribution in [0.2, 0.25) is 0 Å². The number of carbonyl (C=O) groups excluding carboxylic acids is 1. The Balaban J connectivity index is 1.65. The van der Waals surface area contributed by atoms with E-state index in [9.17, 15) is 4.79 Å². The highest BCUT2D eigenvalue weighted by molar-refractivity contribution is 6.18. The Kier molecular flexibility index (Phi) is 6.15. The predicted octanol–water partition coefficient (Wildman–Crippen LogP) is 2.62. The van der Waals surface area contributed by atoms with E-state index in [0.717, 1.165) is 38.0 Å². The molecule has 1 saturated heterocycles. The van der Waals surface area contributed by atoms with Crippen molar-refractivity contribution in [2.45, 2.75) is 25.5 Å². The van der Waals surface area contributed by atoms with Gasteiger partial charge in [0.25, 0.3) is 0 Å². The van der Waals surface area contributed by atoms with Crippen molar-refractivity contribution >= 4 is 17.7 Å². The van der Waals surface area contributed by atoms with Crippen LogP contribution < -0.4 is 5.32 Å². The molecule has 0 bridgehead atoms. The van der Waals surface area contributed by atoms with E-state index in [4.69, 9.17) is 16.3 Å². The van der Waals surface area contributed by atoms with Crippen molar-refractivity contribution in [3.63, 3.8) is 0 Å². The van der Waals surface area contributed by atoms with Crippen LogP contribution in [-0.2, 0) is 11.3 Å². The Morgan fingerprint density at radius 2 is 2.00 bits per heavy atom. The highest BCUT2D eigenvalue weighted by Crippen LogP contribution is 2.10. The van der Waals surface area contributed by atoms with E-state index in [1.54, 1.807) is 0 Å².